The molecule has 0 radical (unpaired) electrons. The van der Waals surface area contributed by atoms with Crippen LogP contribution in [0.2, 0.25) is 0 Å². The largest absolute Gasteiger partial charge is 0.342 e. The molecule has 1 fully saturated rings. The number of nitrogens with zero attached hydrogens (tertiary/aromatic N) is 1. The first-order valence-electron chi connectivity index (χ1n) is 4.76. The molecule has 0 atom stereocenters. The van der Waals surface area contributed by atoms with Crippen LogP contribution < -0.4 is 11.3 Å². The standard InChI is InChI=1S/C9H17N3O2/c1-9(2,8(14)11-10)6-12-5-3-4-7(12)13/h3-6,10H2,1-2H3,(H,11,14). The Labute approximate surface area is 83.6 Å². The van der Waals surface area contributed by atoms with Gasteiger partial charge in [0.1, 0.15) is 0 Å². The summed E-state index contributed by atoms with van der Waals surface area (Å²) in [5, 5.41) is 0. The van der Waals surface area contributed by atoms with Crippen molar-refractivity contribution in [1.82, 2.24) is 10.3 Å². The van der Waals surface area contributed by atoms with Gasteiger partial charge in [-0.25, -0.2) is 5.84 Å². The normalized spacial score (nSPS) is 17.4. The summed E-state index contributed by atoms with van der Waals surface area (Å²) >= 11 is 0. The zero-order valence-corrected chi connectivity index (χ0v) is 8.67. The summed E-state index contributed by atoms with van der Waals surface area (Å²) in [4.78, 5) is 24.4. The first-order valence-corrected chi connectivity index (χ1v) is 4.76. The van der Waals surface area contributed by atoms with Gasteiger partial charge in [0.25, 0.3) is 0 Å². The fourth-order valence-electron chi connectivity index (χ4n) is 1.62. The second-order valence-corrected chi connectivity index (χ2v) is 4.28. The van der Waals surface area contributed by atoms with E-state index in [9.17, 15) is 9.59 Å². The van der Waals surface area contributed by atoms with Crippen molar-refractivity contribution in [2.75, 3.05) is 13.1 Å². The summed E-state index contributed by atoms with van der Waals surface area (Å²) < 4.78 is 0. The Balaban J connectivity index is 2.58. The van der Waals surface area contributed by atoms with E-state index < -0.39 is 5.41 Å². The Hall–Kier alpha value is -1.10. The van der Waals surface area contributed by atoms with Gasteiger partial charge in [-0.2, -0.15) is 0 Å². The highest BCUT2D eigenvalue weighted by Gasteiger charge is 2.32. The van der Waals surface area contributed by atoms with E-state index in [1.165, 1.54) is 0 Å². The van der Waals surface area contributed by atoms with E-state index in [0.29, 0.717) is 13.0 Å². The van der Waals surface area contributed by atoms with E-state index in [4.69, 9.17) is 5.84 Å². The number of likely N-dealkylation sites (tertiary alicyclic amines) is 1. The van der Waals surface area contributed by atoms with Gasteiger partial charge < -0.3 is 4.90 Å². The zero-order valence-electron chi connectivity index (χ0n) is 8.67. The summed E-state index contributed by atoms with van der Waals surface area (Å²) in [7, 11) is 0. The van der Waals surface area contributed by atoms with Crippen LogP contribution in [0.4, 0.5) is 0 Å². The van der Waals surface area contributed by atoms with Crippen LogP contribution in [0.5, 0.6) is 0 Å². The van der Waals surface area contributed by atoms with Gasteiger partial charge in [0.05, 0.1) is 5.41 Å². The minimum Gasteiger partial charge on any atom is -0.342 e. The number of hydrazine groups is 1. The number of amides is 2. The third kappa shape index (κ3) is 2.23. The Bertz CT molecular complexity index is 250. The molecule has 14 heavy (non-hydrogen) atoms. The van der Waals surface area contributed by atoms with Crippen LogP contribution in [0.15, 0.2) is 0 Å². The fraction of sp³-hybridized carbons (Fsp3) is 0.778. The van der Waals surface area contributed by atoms with Gasteiger partial charge in [-0.05, 0) is 20.3 Å². The highest BCUT2D eigenvalue weighted by molar-refractivity contribution is 5.83. The number of carbonyl (C=O) groups is 2. The highest BCUT2D eigenvalue weighted by atomic mass is 16.2. The van der Waals surface area contributed by atoms with E-state index in [0.717, 1.165) is 13.0 Å². The molecular formula is C9H17N3O2. The van der Waals surface area contributed by atoms with Crippen LogP contribution >= 0.6 is 0 Å². The van der Waals surface area contributed by atoms with Crippen molar-refractivity contribution in [2.24, 2.45) is 11.3 Å². The molecule has 1 aliphatic heterocycles. The van der Waals surface area contributed by atoms with Gasteiger partial charge in [0.15, 0.2) is 0 Å². The molecule has 5 nitrogen and oxygen atoms in total. The number of hydrogen-bond donors (Lipinski definition) is 2. The number of nitrogens with two attached hydrogens (primary N) is 1. The van der Waals surface area contributed by atoms with Gasteiger partial charge in [-0.3, -0.25) is 15.0 Å². The molecule has 5 heteroatoms. The molecule has 2 amide bonds. The molecule has 0 spiro atoms. The van der Waals surface area contributed by atoms with Crippen LogP contribution in [-0.2, 0) is 9.59 Å². The Morgan fingerprint density at radius 1 is 1.64 bits per heavy atom. The number of rotatable bonds is 3. The molecule has 1 saturated heterocycles. The van der Waals surface area contributed by atoms with Gasteiger partial charge in [-0.15, -0.1) is 0 Å². The summed E-state index contributed by atoms with van der Waals surface area (Å²) in [6.07, 6.45) is 1.49. The molecule has 1 heterocycles. The van der Waals surface area contributed by atoms with E-state index >= 15 is 0 Å². The molecule has 0 aromatic carbocycles. The molecule has 1 aliphatic rings. The monoisotopic (exact) mass is 199 g/mol. The van der Waals surface area contributed by atoms with Gasteiger partial charge >= 0.3 is 0 Å². The number of nitrogens with one attached hydrogen (secondary N) is 1. The quantitative estimate of drug-likeness (QED) is 0.370. The lowest BCUT2D eigenvalue weighted by Gasteiger charge is -2.28. The second-order valence-electron chi connectivity index (χ2n) is 4.28. The van der Waals surface area contributed by atoms with Crippen LogP contribution in [-0.4, -0.2) is 29.8 Å². The van der Waals surface area contributed by atoms with Crippen molar-refractivity contribution in [2.45, 2.75) is 26.7 Å². The number of carbonyl (C=O) groups excluding carboxylic acids is 2. The van der Waals surface area contributed by atoms with Crippen LogP contribution in [0.1, 0.15) is 26.7 Å². The van der Waals surface area contributed by atoms with Crippen molar-refractivity contribution in [3.63, 3.8) is 0 Å². The Kier molecular flexibility index (Phi) is 3.10. The average molecular weight is 199 g/mol. The van der Waals surface area contributed by atoms with E-state index in [-0.39, 0.29) is 11.8 Å². The second kappa shape index (κ2) is 3.96. The predicted molar refractivity (Wildman–Crippen MR) is 51.9 cm³/mol. The van der Waals surface area contributed by atoms with Crippen molar-refractivity contribution >= 4 is 11.8 Å². The SMILES string of the molecule is CC(C)(CN1CCCC1=O)C(=O)NN. The molecule has 0 aliphatic carbocycles. The first kappa shape index (κ1) is 11.0. The van der Waals surface area contributed by atoms with Crippen molar-refractivity contribution < 1.29 is 9.59 Å². The molecule has 3 N–H and O–H groups in total. The lowest BCUT2D eigenvalue weighted by molar-refractivity contribution is -0.134. The summed E-state index contributed by atoms with van der Waals surface area (Å²) in [5.74, 6) is 4.95. The molecule has 0 bridgehead atoms. The van der Waals surface area contributed by atoms with Crippen molar-refractivity contribution in [3.05, 3.63) is 0 Å². The van der Waals surface area contributed by atoms with E-state index in [1.54, 1.807) is 18.7 Å². The first-order chi connectivity index (χ1) is 6.47. The molecule has 0 aromatic rings. The molecule has 0 unspecified atom stereocenters. The van der Waals surface area contributed by atoms with E-state index in [1.807, 2.05) is 0 Å². The molecule has 0 aromatic heterocycles. The lowest BCUT2D eigenvalue weighted by Crippen LogP contribution is -2.47. The maximum absolute atomic E-state index is 11.4. The molecule has 80 valence electrons. The van der Waals surface area contributed by atoms with Crippen LogP contribution in [0, 0.1) is 5.41 Å². The highest BCUT2D eigenvalue weighted by Crippen LogP contribution is 2.20. The summed E-state index contributed by atoms with van der Waals surface area (Å²) in [5.41, 5.74) is 1.50. The lowest BCUT2D eigenvalue weighted by atomic mass is 9.92. The van der Waals surface area contributed by atoms with Crippen LogP contribution in [0.3, 0.4) is 0 Å². The van der Waals surface area contributed by atoms with Gasteiger partial charge in [0, 0.05) is 19.5 Å². The minimum absolute atomic E-state index is 0.128. The topological polar surface area (TPSA) is 75.4 Å². The average Bonchev–Trinajstić information content (AvgIpc) is 2.50. The van der Waals surface area contributed by atoms with Gasteiger partial charge in [0.2, 0.25) is 11.8 Å². The van der Waals surface area contributed by atoms with Crippen molar-refractivity contribution in [3.8, 4) is 0 Å². The Morgan fingerprint density at radius 2 is 2.29 bits per heavy atom. The van der Waals surface area contributed by atoms with Crippen molar-refractivity contribution in [1.29, 1.82) is 0 Å². The summed E-state index contributed by atoms with van der Waals surface area (Å²) in [6, 6.07) is 0. The van der Waals surface area contributed by atoms with Crippen LogP contribution in [0.25, 0.3) is 0 Å². The molecule has 1 rings (SSSR count). The third-order valence-corrected chi connectivity index (χ3v) is 2.50. The minimum atomic E-state index is -0.616. The number of hydrogen-bond acceptors (Lipinski definition) is 3. The van der Waals surface area contributed by atoms with E-state index in [2.05, 4.69) is 5.43 Å². The summed E-state index contributed by atoms with van der Waals surface area (Å²) in [6.45, 7) is 4.75. The van der Waals surface area contributed by atoms with Gasteiger partial charge in [-0.1, -0.05) is 0 Å². The molecular weight excluding hydrogens is 182 g/mol. The predicted octanol–water partition coefficient (Wildman–Crippen LogP) is -0.375. The zero-order chi connectivity index (χ0) is 10.8. The fourth-order valence-corrected chi connectivity index (χ4v) is 1.62. The third-order valence-electron chi connectivity index (χ3n) is 2.50. The maximum Gasteiger partial charge on any atom is 0.241 e. The smallest absolute Gasteiger partial charge is 0.241 e. The maximum atomic E-state index is 11.4. The Morgan fingerprint density at radius 3 is 2.71 bits per heavy atom. The molecule has 0 saturated carbocycles.